The zero-order valence-corrected chi connectivity index (χ0v) is 8.08. The third-order valence-electron chi connectivity index (χ3n) is 1.73. The molecule has 0 saturated carbocycles. The fraction of sp³-hybridized carbons (Fsp3) is 0.125. The number of hydrogen-bond donors (Lipinski definition) is 1. The van der Waals surface area contributed by atoms with Crippen molar-refractivity contribution in [1.82, 2.24) is 0 Å². The fourth-order valence-corrected chi connectivity index (χ4v) is 1.05. The minimum atomic E-state index is -1.15. The highest BCUT2D eigenvalue weighted by molar-refractivity contribution is 5.90. The molecule has 0 atom stereocenters. The highest BCUT2D eigenvalue weighted by atomic mass is 35.5. The normalized spacial score (nSPS) is 8.93. The number of carboxylic acid groups (broad SMARTS) is 1. The van der Waals surface area contributed by atoms with Gasteiger partial charge in [0.2, 0.25) is 0 Å². The van der Waals surface area contributed by atoms with Crippen molar-refractivity contribution < 1.29 is 14.8 Å². The van der Waals surface area contributed by atoms with Crippen LogP contribution in [-0.4, -0.2) is 16.0 Å². The summed E-state index contributed by atoms with van der Waals surface area (Å²) in [5.41, 5.74) is -0.0194. The molecule has 0 heterocycles. The SMILES string of the molecule is Cc1c(C(=O)O)cccc1[N+](=O)[O-].Cl. The molecular formula is C8H8ClNO4. The molecule has 5 nitrogen and oxygen atoms in total. The molecule has 76 valence electrons. The van der Waals surface area contributed by atoms with Crippen LogP contribution in [0.3, 0.4) is 0 Å². The summed E-state index contributed by atoms with van der Waals surface area (Å²) in [4.78, 5) is 20.4. The summed E-state index contributed by atoms with van der Waals surface area (Å²) in [5, 5.41) is 19.1. The van der Waals surface area contributed by atoms with Crippen LogP contribution in [0.15, 0.2) is 18.2 Å². The predicted octanol–water partition coefficient (Wildman–Crippen LogP) is 2.02. The highest BCUT2D eigenvalue weighted by Crippen LogP contribution is 2.20. The van der Waals surface area contributed by atoms with Gasteiger partial charge in [-0.05, 0) is 13.0 Å². The molecule has 0 aliphatic heterocycles. The van der Waals surface area contributed by atoms with E-state index in [1.165, 1.54) is 25.1 Å². The maximum atomic E-state index is 10.6. The number of nitro benzene ring substituents is 1. The lowest BCUT2D eigenvalue weighted by molar-refractivity contribution is -0.385. The number of hydrogen-bond acceptors (Lipinski definition) is 3. The summed E-state index contributed by atoms with van der Waals surface area (Å²) in [6, 6.07) is 3.97. The predicted molar refractivity (Wildman–Crippen MR) is 52.0 cm³/mol. The first kappa shape index (κ1) is 12.4. The topological polar surface area (TPSA) is 80.4 Å². The van der Waals surface area contributed by atoms with Gasteiger partial charge in [0.15, 0.2) is 0 Å². The number of nitrogens with zero attached hydrogens (tertiary/aromatic N) is 1. The Kier molecular flexibility index (Phi) is 4.04. The van der Waals surface area contributed by atoms with E-state index in [1.54, 1.807) is 0 Å². The molecule has 0 bridgehead atoms. The zero-order valence-electron chi connectivity index (χ0n) is 7.26. The standard InChI is InChI=1S/C8H7NO4.ClH/c1-5-6(8(10)11)3-2-4-7(5)9(12)13;/h2-4H,1H3,(H,10,11);1H. The van der Waals surface area contributed by atoms with E-state index < -0.39 is 10.9 Å². The Labute approximate surface area is 85.9 Å². The van der Waals surface area contributed by atoms with Crippen LogP contribution in [0.25, 0.3) is 0 Å². The van der Waals surface area contributed by atoms with Crippen LogP contribution in [-0.2, 0) is 0 Å². The van der Waals surface area contributed by atoms with Crippen LogP contribution in [0, 0.1) is 17.0 Å². The number of nitro groups is 1. The number of halogens is 1. The van der Waals surface area contributed by atoms with Gasteiger partial charge in [0.05, 0.1) is 10.5 Å². The largest absolute Gasteiger partial charge is 0.478 e. The van der Waals surface area contributed by atoms with Gasteiger partial charge in [-0.2, -0.15) is 0 Å². The summed E-state index contributed by atoms with van der Waals surface area (Å²) in [6.07, 6.45) is 0. The van der Waals surface area contributed by atoms with E-state index in [0.29, 0.717) is 0 Å². The maximum Gasteiger partial charge on any atom is 0.336 e. The molecule has 0 fully saturated rings. The van der Waals surface area contributed by atoms with Crippen LogP contribution in [0.1, 0.15) is 15.9 Å². The van der Waals surface area contributed by atoms with Gasteiger partial charge in [0, 0.05) is 11.6 Å². The van der Waals surface area contributed by atoms with Crippen LogP contribution in [0.2, 0.25) is 0 Å². The minimum Gasteiger partial charge on any atom is -0.478 e. The summed E-state index contributed by atoms with van der Waals surface area (Å²) in [5.74, 6) is -1.15. The first-order valence-electron chi connectivity index (χ1n) is 3.51. The second-order valence-corrected chi connectivity index (χ2v) is 2.51. The zero-order chi connectivity index (χ0) is 10.0. The first-order valence-corrected chi connectivity index (χ1v) is 3.51. The van der Waals surface area contributed by atoms with E-state index in [2.05, 4.69) is 0 Å². The van der Waals surface area contributed by atoms with Crippen molar-refractivity contribution in [3.8, 4) is 0 Å². The molecule has 0 radical (unpaired) electrons. The number of carboxylic acids is 1. The van der Waals surface area contributed by atoms with Crippen molar-refractivity contribution in [2.24, 2.45) is 0 Å². The van der Waals surface area contributed by atoms with Crippen LogP contribution >= 0.6 is 12.4 Å². The van der Waals surface area contributed by atoms with Crippen molar-refractivity contribution in [3.05, 3.63) is 39.4 Å². The number of aromatic carboxylic acids is 1. The van der Waals surface area contributed by atoms with Crippen molar-refractivity contribution in [2.75, 3.05) is 0 Å². The van der Waals surface area contributed by atoms with E-state index >= 15 is 0 Å². The molecule has 6 heteroatoms. The monoisotopic (exact) mass is 217 g/mol. The van der Waals surface area contributed by atoms with E-state index in [4.69, 9.17) is 5.11 Å². The molecule has 0 amide bonds. The van der Waals surface area contributed by atoms with Crippen molar-refractivity contribution in [2.45, 2.75) is 6.92 Å². The van der Waals surface area contributed by atoms with Gasteiger partial charge in [-0.25, -0.2) is 4.79 Å². The lowest BCUT2D eigenvalue weighted by Crippen LogP contribution is -2.02. The number of carbonyl (C=O) groups is 1. The van der Waals surface area contributed by atoms with Gasteiger partial charge in [0.1, 0.15) is 0 Å². The van der Waals surface area contributed by atoms with Crippen LogP contribution in [0.5, 0.6) is 0 Å². The molecule has 0 aromatic heterocycles. The van der Waals surface area contributed by atoms with Gasteiger partial charge >= 0.3 is 5.97 Å². The van der Waals surface area contributed by atoms with Gasteiger partial charge in [-0.15, -0.1) is 12.4 Å². The van der Waals surface area contributed by atoms with Crippen LogP contribution < -0.4 is 0 Å². The van der Waals surface area contributed by atoms with Crippen molar-refractivity contribution in [1.29, 1.82) is 0 Å². The second kappa shape index (κ2) is 4.57. The Morgan fingerprint density at radius 2 is 2.07 bits per heavy atom. The first-order chi connectivity index (χ1) is 6.04. The molecule has 1 N–H and O–H groups in total. The summed E-state index contributed by atoms with van der Waals surface area (Å²) < 4.78 is 0. The lowest BCUT2D eigenvalue weighted by atomic mass is 10.1. The Hall–Kier alpha value is -1.62. The van der Waals surface area contributed by atoms with Gasteiger partial charge in [-0.3, -0.25) is 10.1 Å². The molecule has 1 rings (SSSR count). The molecule has 0 aliphatic rings. The van der Waals surface area contributed by atoms with E-state index in [1.807, 2.05) is 0 Å². The molecule has 1 aromatic carbocycles. The third kappa shape index (κ3) is 2.20. The number of benzene rings is 1. The highest BCUT2D eigenvalue weighted by Gasteiger charge is 2.16. The van der Waals surface area contributed by atoms with Crippen molar-refractivity contribution in [3.63, 3.8) is 0 Å². The van der Waals surface area contributed by atoms with E-state index in [0.717, 1.165) is 0 Å². The third-order valence-corrected chi connectivity index (χ3v) is 1.73. The smallest absolute Gasteiger partial charge is 0.336 e. The van der Waals surface area contributed by atoms with Gasteiger partial charge in [-0.1, -0.05) is 6.07 Å². The molecule has 14 heavy (non-hydrogen) atoms. The quantitative estimate of drug-likeness (QED) is 0.607. The minimum absolute atomic E-state index is 0. The molecule has 0 saturated heterocycles. The van der Waals surface area contributed by atoms with Gasteiger partial charge in [0.25, 0.3) is 5.69 Å². The van der Waals surface area contributed by atoms with Crippen molar-refractivity contribution >= 4 is 24.1 Å². The average Bonchev–Trinajstić information content (AvgIpc) is 2.03. The number of rotatable bonds is 2. The Balaban J connectivity index is 0.00000169. The van der Waals surface area contributed by atoms with E-state index in [-0.39, 0.29) is 29.2 Å². The van der Waals surface area contributed by atoms with Crippen LogP contribution in [0.4, 0.5) is 5.69 Å². The van der Waals surface area contributed by atoms with Gasteiger partial charge < -0.3 is 5.11 Å². The molecule has 0 unspecified atom stereocenters. The molecule has 1 aromatic rings. The fourth-order valence-electron chi connectivity index (χ4n) is 1.05. The summed E-state index contributed by atoms with van der Waals surface area (Å²) in [7, 11) is 0. The van der Waals surface area contributed by atoms with E-state index in [9.17, 15) is 14.9 Å². The Morgan fingerprint density at radius 1 is 1.50 bits per heavy atom. The molecule has 0 aliphatic carbocycles. The lowest BCUT2D eigenvalue weighted by Gasteiger charge is -2.00. The summed E-state index contributed by atoms with van der Waals surface area (Å²) in [6.45, 7) is 1.42. The maximum absolute atomic E-state index is 10.6. The molecule has 0 spiro atoms. The second-order valence-electron chi connectivity index (χ2n) is 2.51. The Bertz CT molecular complexity index is 345. The molecular weight excluding hydrogens is 210 g/mol. The summed E-state index contributed by atoms with van der Waals surface area (Å²) >= 11 is 0. The average molecular weight is 218 g/mol. The Morgan fingerprint density at radius 3 is 2.50 bits per heavy atom.